The van der Waals surface area contributed by atoms with Crippen LogP contribution in [-0.2, 0) is 0 Å². The van der Waals surface area contributed by atoms with Gasteiger partial charge in [0.05, 0.1) is 5.69 Å². The third-order valence-electron chi connectivity index (χ3n) is 5.69. The summed E-state index contributed by atoms with van der Waals surface area (Å²) in [5.41, 5.74) is 4.36. The number of rotatable bonds is 4. The Morgan fingerprint density at radius 1 is 0.879 bits per heavy atom. The van der Waals surface area contributed by atoms with E-state index in [0.717, 1.165) is 27.6 Å². The molecule has 0 aliphatic carbocycles. The maximum absolute atomic E-state index is 13.5. The van der Waals surface area contributed by atoms with E-state index in [1.807, 2.05) is 74.5 Å². The van der Waals surface area contributed by atoms with E-state index in [-0.39, 0.29) is 11.6 Å². The van der Waals surface area contributed by atoms with Gasteiger partial charge in [-0.05, 0) is 72.8 Å². The number of carbonyl (C=O) groups is 1. The number of fused-ring (bicyclic) bond motifs is 1. The fourth-order valence-corrected chi connectivity index (χ4v) is 3.74. The molecule has 6 heteroatoms. The maximum Gasteiger partial charge on any atom is 0.295 e. The van der Waals surface area contributed by atoms with E-state index in [0.29, 0.717) is 17.1 Å². The number of nitrogens with one attached hydrogen (secondary N) is 1. The first-order chi connectivity index (χ1) is 16.0. The summed E-state index contributed by atoms with van der Waals surface area (Å²) < 4.78 is 15.1. The summed E-state index contributed by atoms with van der Waals surface area (Å²) in [6.07, 6.45) is 0. The number of hydrogen-bond acceptors (Lipinski definition) is 3. The zero-order valence-corrected chi connectivity index (χ0v) is 18.2. The van der Waals surface area contributed by atoms with Crippen LogP contribution in [-0.4, -0.2) is 20.7 Å². The Bertz CT molecular complexity index is 1480. The summed E-state index contributed by atoms with van der Waals surface area (Å²) in [4.78, 5) is 17.7. The second-order valence-electron chi connectivity index (χ2n) is 7.93. The van der Waals surface area contributed by atoms with Crippen molar-refractivity contribution in [2.45, 2.75) is 13.8 Å². The van der Waals surface area contributed by atoms with Gasteiger partial charge >= 0.3 is 0 Å². The topological polar surface area (TPSA) is 59.8 Å². The highest BCUT2D eigenvalue weighted by Crippen LogP contribution is 2.25. The Morgan fingerprint density at radius 2 is 1.64 bits per heavy atom. The van der Waals surface area contributed by atoms with E-state index in [9.17, 15) is 9.18 Å². The van der Waals surface area contributed by atoms with Crippen LogP contribution in [0.15, 0.2) is 84.9 Å². The fourth-order valence-electron chi connectivity index (χ4n) is 3.74. The molecule has 162 valence electrons. The van der Waals surface area contributed by atoms with Gasteiger partial charge in [0, 0.05) is 16.6 Å². The minimum atomic E-state index is -0.419. The van der Waals surface area contributed by atoms with Gasteiger partial charge in [-0.2, -0.15) is 0 Å². The van der Waals surface area contributed by atoms with Crippen LogP contribution in [0.25, 0.3) is 27.8 Å². The SMILES string of the molecule is Cc1ccc(-n2nc(C(=O)Nc3cccc4ccccc34)nc2-c2ccc(F)cc2)cc1C. The van der Waals surface area contributed by atoms with Gasteiger partial charge in [0.1, 0.15) is 5.82 Å². The third-order valence-corrected chi connectivity index (χ3v) is 5.69. The smallest absolute Gasteiger partial charge is 0.295 e. The van der Waals surface area contributed by atoms with Gasteiger partial charge in [-0.15, -0.1) is 5.10 Å². The molecule has 0 radical (unpaired) electrons. The third kappa shape index (κ3) is 3.99. The van der Waals surface area contributed by atoms with E-state index >= 15 is 0 Å². The second kappa shape index (κ2) is 8.31. The number of amides is 1. The molecule has 33 heavy (non-hydrogen) atoms. The summed E-state index contributed by atoms with van der Waals surface area (Å²) >= 11 is 0. The Balaban J connectivity index is 1.58. The predicted octanol–water partition coefficient (Wildman–Crippen LogP) is 6.10. The van der Waals surface area contributed by atoms with Crippen molar-refractivity contribution in [2.24, 2.45) is 0 Å². The normalized spacial score (nSPS) is 11.0. The van der Waals surface area contributed by atoms with E-state index in [4.69, 9.17) is 0 Å². The summed E-state index contributed by atoms with van der Waals surface area (Å²) in [6.45, 7) is 4.05. The number of carbonyl (C=O) groups excluding carboxylic acids is 1. The van der Waals surface area contributed by atoms with Gasteiger partial charge in [0.15, 0.2) is 5.82 Å². The van der Waals surface area contributed by atoms with E-state index in [1.165, 1.54) is 12.1 Å². The Labute approximate surface area is 190 Å². The quantitative estimate of drug-likeness (QED) is 0.371. The number of hydrogen-bond donors (Lipinski definition) is 1. The molecule has 0 saturated heterocycles. The molecule has 5 nitrogen and oxygen atoms in total. The zero-order valence-electron chi connectivity index (χ0n) is 18.2. The Hall–Kier alpha value is -4.32. The molecule has 1 amide bonds. The highest BCUT2D eigenvalue weighted by molar-refractivity contribution is 6.07. The lowest BCUT2D eigenvalue weighted by Crippen LogP contribution is -2.14. The standard InChI is InChI=1S/C27H21FN4O/c1-17-10-15-22(16-18(17)2)32-26(20-11-13-21(28)14-12-20)30-25(31-32)27(33)29-24-9-5-7-19-6-3-4-8-23(19)24/h3-16H,1-2H3,(H,29,33). The molecule has 0 fully saturated rings. The van der Waals surface area contributed by atoms with Crippen LogP contribution in [0, 0.1) is 19.7 Å². The summed E-state index contributed by atoms with van der Waals surface area (Å²) in [5.74, 6) is -0.274. The van der Waals surface area contributed by atoms with Crippen LogP contribution in [0.5, 0.6) is 0 Å². The minimum Gasteiger partial charge on any atom is -0.319 e. The van der Waals surface area contributed by atoms with Crippen LogP contribution >= 0.6 is 0 Å². The lowest BCUT2D eigenvalue weighted by molar-refractivity contribution is 0.101. The molecule has 1 heterocycles. The first-order valence-corrected chi connectivity index (χ1v) is 10.6. The summed E-state index contributed by atoms with van der Waals surface area (Å²) in [5, 5.41) is 9.42. The molecule has 1 aromatic heterocycles. The first kappa shape index (κ1) is 20.6. The second-order valence-corrected chi connectivity index (χ2v) is 7.93. The van der Waals surface area contributed by atoms with E-state index < -0.39 is 5.91 Å². The molecular weight excluding hydrogens is 415 g/mol. The largest absolute Gasteiger partial charge is 0.319 e. The van der Waals surface area contributed by atoms with Crippen molar-refractivity contribution in [3.05, 3.63) is 108 Å². The van der Waals surface area contributed by atoms with Crippen molar-refractivity contribution in [3.8, 4) is 17.1 Å². The average molecular weight is 436 g/mol. The van der Waals surface area contributed by atoms with Crippen LogP contribution < -0.4 is 5.32 Å². The number of halogens is 1. The monoisotopic (exact) mass is 436 g/mol. The highest BCUT2D eigenvalue weighted by atomic mass is 19.1. The Morgan fingerprint density at radius 3 is 2.42 bits per heavy atom. The van der Waals surface area contributed by atoms with Crippen LogP contribution in [0.3, 0.4) is 0 Å². The van der Waals surface area contributed by atoms with Gasteiger partial charge in [0.25, 0.3) is 5.91 Å². The van der Waals surface area contributed by atoms with Gasteiger partial charge < -0.3 is 5.32 Å². The van der Waals surface area contributed by atoms with E-state index in [1.54, 1.807) is 16.8 Å². The molecule has 0 spiro atoms. The van der Waals surface area contributed by atoms with Crippen LogP contribution in [0.2, 0.25) is 0 Å². The molecule has 0 atom stereocenters. The van der Waals surface area contributed by atoms with Crippen molar-refractivity contribution < 1.29 is 9.18 Å². The van der Waals surface area contributed by atoms with Crippen molar-refractivity contribution in [1.82, 2.24) is 14.8 Å². The van der Waals surface area contributed by atoms with E-state index in [2.05, 4.69) is 15.4 Å². The lowest BCUT2D eigenvalue weighted by Gasteiger charge is -2.08. The van der Waals surface area contributed by atoms with Crippen molar-refractivity contribution in [1.29, 1.82) is 0 Å². The average Bonchev–Trinajstić information content (AvgIpc) is 3.27. The minimum absolute atomic E-state index is 0.0282. The number of nitrogens with zero attached hydrogens (tertiary/aromatic N) is 3. The number of benzene rings is 4. The van der Waals surface area contributed by atoms with Crippen molar-refractivity contribution in [2.75, 3.05) is 5.32 Å². The molecule has 0 saturated carbocycles. The molecule has 5 aromatic rings. The molecule has 0 bridgehead atoms. The molecule has 5 rings (SSSR count). The molecule has 0 aliphatic rings. The van der Waals surface area contributed by atoms with Gasteiger partial charge in [-0.1, -0.05) is 42.5 Å². The highest BCUT2D eigenvalue weighted by Gasteiger charge is 2.20. The molecule has 0 aliphatic heterocycles. The molecule has 4 aromatic carbocycles. The molecule has 0 unspecified atom stereocenters. The maximum atomic E-state index is 13.5. The first-order valence-electron chi connectivity index (χ1n) is 10.6. The predicted molar refractivity (Wildman–Crippen MR) is 128 cm³/mol. The van der Waals surface area contributed by atoms with Crippen molar-refractivity contribution in [3.63, 3.8) is 0 Å². The lowest BCUT2D eigenvalue weighted by atomic mass is 10.1. The number of aryl methyl sites for hydroxylation is 2. The fraction of sp³-hybridized carbons (Fsp3) is 0.0741. The van der Waals surface area contributed by atoms with Crippen LogP contribution in [0.1, 0.15) is 21.7 Å². The number of aromatic nitrogens is 3. The van der Waals surface area contributed by atoms with Gasteiger partial charge in [0.2, 0.25) is 5.82 Å². The van der Waals surface area contributed by atoms with Crippen molar-refractivity contribution >= 4 is 22.4 Å². The van der Waals surface area contributed by atoms with Crippen LogP contribution in [0.4, 0.5) is 10.1 Å². The van der Waals surface area contributed by atoms with Gasteiger partial charge in [-0.3, -0.25) is 4.79 Å². The number of anilines is 1. The Kier molecular flexibility index (Phi) is 5.18. The summed E-state index contributed by atoms with van der Waals surface area (Å²) in [7, 11) is 0. The summed E-state index contributed by atoms with van der Waals surface area (Å²) in [6, 6.07) is 25.5. The zero-order chi connectivity index (χ0) is 22.9. The molecule has 1 N–H and O–H groups in total. The van der Waals surface area contributed by atoms with Gasteiger partial charge in [-0.25, -0.2) is 14.1 Å². The molecular formula is C27H21FN4O.